The number of hydrogen-bond donors (Lipinski definition) is 0. The van der Waals surface area contributed by atoms with Gasteiger partial charge in [-0.05, 0) is 109 Å². The topological polar surface area (TPSA) is 0 Å². The van der Waals surface area contributed by atoms with E-state index in [0.29, 0.717) is 0 Å². The van der Waals surface area contributed by atoms with Crippen molar-refractivity contribution < 1.29 is 0 Å². The van der Waals surface area contributed by atoms with Gasteiger partial charge >= 0.3 is 0 Å². The third-order valence-electron chi connectivity index (χ3n) is 20.7. The van der Waals surface area contributed by atoms with Crippen molar-refractivity contribution in [3.05, 3.63) is 116 Å². The molecule has 0 aliphatic rings. The third kappa shape index (κ3) is 29.8. The predicted molar refractivity (Wildman–Crippen MR) is 447 cm³/mol. The molecule has 4 heterocycles. The van der Waals surface area contributed by atoms with Gasteiger partial charge in [-0.2, -0.15) is 0 Å². The van der Waals surface area contributed by atoms with Crippen LogP contribution in [0, 0.1) is 24.7 Å². The summed E-state index contributed by atoms with van der Waals surface area (Å²) in [7, 11) is 0. The van der Waals surface area contributed by atoms with Crippen molar-refractivity contribution in [3.8, 4) is 45.6 Å². The zero-order valence-corrected chi connectivity index (χ0v) is 64.9. The molecular formula is C93H136S4. The summed E-state index contributed by atoms with van der Waals surface area (Å²) in [4.78, 5) is 8.51. The lowest BCUT2D eigenvalue weighted by Gasteiger charge is -2.10. The largest absolute Gasteiger partial charge is 0.140 e. The van der Waals surface area contributed by atoms with Gasteiger partial charge in [-0.15, -0.1) is 58.2 Å². The van der Waals surface area contributed by atoms with Crippen molar-refractivity contribution in [2.75, 3.05) is 0 Å². The molecule has 0 amide bonds. The molecule has 0 spiro atoms. The Morgan fingerprint density at radius 1 is 0.247 bits per heavy atom. The van der Waals surface area contributed by atoms with E-state index in [2.05, 4.69) is 147 Å². The minimum atomic E-state index is 0. The van der Waals surface area contributed by atoms with Crippen LogP contribution in [0.1, 0.15) is 374 Å². The van der Waals surface area contributed by atoms with Crippen LogP contribution in [-0.2, 0) is 25.7 Å². The van der Waals surface area contributed by atoms with Crippen LogP contribution in [0.3, 0.4) is 0 Å². The molecule has 0 aliphatic carbocycles. The summed E-state index contributed by atoms with van der Waals surface area (Å²) >= 11 is 7.87. The molecule has 0 radical (unpaired) electrons. The summed E-state index contributed by atoms with van der Waals surface area (Å²) in [5, 5.41) is 8.61. The Labute approximate surface area is 612 Å². The zero-order chi connectivity index (χ0) is 67.3. The van der Waals surface area contributed by atoms with Crippen molar-refractivity contribution in [3.63, 3.8) is 0 Å². The van der Waals surface area contributed by atoms with Crippen LogP contribution < -0.4 is 0 Å². The molecule has 4 heteroatoms. The number of terminal acetylenes is 2. The first-order chi connectivity index (χ1) is 47.5. The fourth-order valence-corrected chi connectivity index (χ4v) is 19.4. The quantitative estimate of drug-likeness (QED) is 0.0202. The molecule has 0 N–H and O–H groups in total. The van der Waals surface area contributed by atoms with E-state index in [1.54, 1.807) is 9.75 Å². The van der Waals surface area contributed by atoms with Gasteiger partial charge in [0.25, 0.3) is 0 Å². The molecule has 0 nitrogen and oxygen atoms in total. The van der Waals surface area contributed by atoms with Gasteiger partial charge in [0.05, 0.1) is 0 Å². The van der Waals surface area contributed by atoms with E-state index >= 15 is 0 Å². The second-order valence-corrected chi connectivity index (χ2v) is 33.5. The van der Waals surface area contributed by atoms with E-state index in [1.807, 2.05) is 22.7 Å². The number of rotatable bonds is 54. The van der Waals surface area contributed by atoms with Crippen LogP contribution in [-0.4, -0.2) is 0 Å². The standard InChI is InChI=1S/2C46H66S2.CH4/c1-3-5-7-9-11-13-15-17-19-21-23-25-27-39-35-37-29-31-41-42-32-30-38-36-40(48-46(38)44(42)34-33-43(41)45(37)47-39)28-26-24-22-20-18-16-14-12-10-8-6-4-2;1-5-9-11-13-15-17-19-21-23-25-27-29-31-39-33-37-45(47-39)43-35-36-44(42(8-4)41(43)7-3)46-38-34-40(48-46)32-30-28-26-24-22-20-18-16-14-12-10-6-2;/h29-36H,3-28H2,1-2H3;3-4,33-38H,5-6,9-32H2,1-2H3;1H4. The van der Waals surface area contributed by atoms with Crippen molar-refractivity contribution in [1.29, 1.82) is 0 Å². The summed E-state index contributed by atoms with van der Waals surface area (Å²) in [6, 6.07) is 32.9. The molecule has 4 aromatic carbocycles. The lowest BCUT2D eigenvalue weighted by molar-refractivity contribution is 0.544. The first-order valence-electron chi connectivity index (χ1n) is 40.6. The minimum Gasteiger partial charge on any atom is -0.140 e. The van der Waals surface area contributed by atoms with Gasteiger partial charge in [0.1, 0.15) is 0 Å². The van der Waals surface area contributed by atoms with Gasteiger partial charge < -0.3 is 0 Å². The Morgan fingerprint density at radius 3 is 0.742 bits per heavy atom. The molecule has 0 aliphatic heterocycles. The second kappa shape index (κ2) is 51.1. The van der Waals surface area contributed by atoms with Gasteiger partial charge in [-0.1, -0.05) is 378 Å². The van der Waals surface area contributed by atoms with Crippen LogP contribution >= 0.6 is 45.3 Å². The Balaban J connectivity index is 0.000000303. The van der Waals surface area contributed by atoms with Gasteiger partial charge in [0.2, 0.25) is 0 Å². The highest BCUT2D eigenvalue weighted by Gasteiger charge is 2.18. The van der Waals surface area contributed by atoms with Gasteiger partial charge in [-0.25, -0.2) is 0 Å². The highest BCUT2D eigenvalue weighted by molar-refractivity contribution is 7.20. The molecular weight excluding hydrogens is 1250 g/mol. The van der Waals surface area contributed by atoms with Gasteiger partial charge in [0, 0.05) is 71.7 Å². The molecule has 4 aromatic heterocycles. The van der Waals surface area contributed by atoms with E-state index in [4.69, 9.17) is 12.8 Å². The van der Waals surface area contributed by atoms with Crippen LogP contribution in [0.15, 0.2) is 84.9 Å². The highest BCUT2D eigenvalue weighted by atomic mass is 32.1. The summed E-state index contributed by atoms with van der Waals surface area (Å²) in [6.45, 7) is 9.20. The number of thiophene rings is 4. The Kier molecular flexibility index (Phi) is 43.1. The molecule has 97 heavy (non-hydrogen) atoms. The molecule has 0 fully saturated rings. The summed E-state index contributed by atoms with van der Waals surface area (Å²) < 4.78 is 2.98. The van der Waals surface area contributed by atoms with E-state index in [0.717, 1.165) is 35.1 Å². The number of hydrogen-bond acceptors (Lipinski definition) is 4. The normalized spacial score (nSPS) is 11.5. The Bertz CT molecular complexity index is 3180. The van der Waals surface area contributed by atoms with E-state index in [1.165, 1.54) is 382 Å². The van der Waals surface area contributed by atoms with E-state index in [9.17, 15) is 0 Å². The Morgan fingerprint density at radius 2 is 0.485 bits per heavy atom. The smallest absolute Gasteiger partial charge is 0.0492 e. The fourth-order valence-electron chi connectivity index (χ4n) is 14.8. The average Bonchev–Trinajstić information content (AvgIpc) is 1.72. The number of unbranched alkanes of at least 4 members (excludes halogenated alkanes) is 44. The predicted octanol–water partition coefficient (Wildman–Crippen LogP) is 33.1. The van der Waals surface area contributed by atoms with Crippen molar-refractivity contribution in [1.82, 2.24) is 0 Å². The number of benzene rings is 4. The zero-order valence-electron chi connectivity index (χ0n) is 61.6. The van der Waals surface area contributed by atoms with Crippen LogP contribution in [0.4, 0.5) is 0 Å². The lowest BCUT2D eigenvalue weighted by Crippen LogP contribution is -1.92. The monoisotopic (exact) mass is 1380 g/mol. The summed E-state index contributed by atoms with van der Waals surface area (Å²) in [5.74, 6) is 5.96. The summed E-state index contributed by atoms with van der Waals surface area (Å²) in [5.41, 5.74) is 3.94. The Hall–Kier alpha value is -4.16. The van der Waals surface area contributed by atoms with Gasteiger partial charge in [-0.3, -0.25) is 0 Å². The molecule has 0 saturated carbocycles. The van der Waals surface area contributed by atoms with Crippen molar-refractivity contribution >= 4 is 87.1 Å². The molecule has 8 aromatic rings. The van der Waals surface area contributed by atoms with Crippen molar-refractivity contribution in [2.24, 2.45) is 0 Å². The molecule has 0 unspecified atom stereocenters. The van der Waals surface area contributed by atoms with Crippen LogP contribution in [0.5, 0.6) is 0 Å². The third-order valence-corrected chi connectivity index (χ3v) is 25.6. The maximum absolute atomic E-state index is 6.13. The molecule has 0 atom stereocenters. The second-order valence-electron chi connectivity index (χ2n) is 28.9. The van der Waals surface area contributed by atoms with E-state index < -0.39 is 0 Å². The van der Waals surface area contributed by atoms with E-state index in [-0.39, 0.29) is 7.43 Å². The van der Waals surface area contributed by atoms with Crippen molar-refractivity contribution in [2.45, 2.75) is 369 Å². The molecule has 0 saturated heterocycles. The maximum Gasteiger partial charge on any atom is 0.0492 e. The summed E-state index contributed by atoms with van der Waals surface area (Å²) in [6.07, 6.45) is 84.4. The average molecular weight is 1380 g/mol. The SMILES string of the molecule is C.C#Cc1c(-c2ccc(CCCCCCCCCCCCCC)s2)ccc(-c2ccc(CCCCCCCCCCCCCC)s2)c1C#C.CCCCCCCCCCCCCCc1cc2ccc3c4ccc5cc(CCCCCCCCCCCCCC)sc5c4ccc3c2s1. The van der Waals surface area contributed by atoms with Crippen LogP contribution in [0.25, 0.3) is 62.6 Å². The first kappa shape index (κ1) is 81.8. The first-order valence-corrected chi connectivity index (χ1v) is 43.8. The number of fused-ring (bicyclic) bond motifs is 7. The number of aryl methyl sites for hydroxylation is 4. The molecule has 8 rings (SSSR count). The molecule has 0 bridgehead atoms. The minimum absolute atomic E-state index is 0. The fraction of sp³-hybridized carbons (Fsp3) is 0.613. The molecule has 532 valence electrons. The van der Waals surface area contributed by atoms with Crippen LogP contribution in [0.2, 0.25) is 0 Å². The lowest BCUT2D eigenvalue weighted by atomic mass is 9.95. The van der Waals surface area contributed by atoms with Gasteiger partial charge in [0.15, 0.2) is 0 Å². The maximum atomic E-state index is 6.13. The highest BCUT2D eigenvalue weighted by Crippen LogP contribution is 2.42.